The van der Waals surface area contributed by atoms with E-state index in [0.29, 0.717) is 21.6 Å². The number of thioether (sulfide) groups is 1. The van der Waals surface area contributed by atoms with Gasteiger partial charge in [-0.2, -0.15) is 0 Å². The van der Waals surface area contributed by atoms with Crippen LogP contribution in [0.15, 0.2) is 58.4 Å². The maximum atomic E-state index is 12.9. The van der Waals surface area contributed by atoms with Gasteiger partial charge in [0.1, 0.15) is 0 Å². The molecule has 1 saturated heterocycles. The third kappa shape index (κ3) is 5.22. The van der Waals surface area contributed by atoms with Crippen LogP contribution in [-0.4, -0.2) is 35.6 Å². The lowest BCUT2D eigenvalue weighted by Gasteiger charge is -2.20. The zero-order valence-corrected chi connectivity index (χ0v) is 18.6. The predicted molar refractivity (Wildman–Crippen MR) is 126 cm³/mol. The van der Waals surface area contributed by atoms with Gasteiger partial charge >= 0.3 is 0 Å². The van der Waals surface area contributed by atoms with E-state index in [1.54, 1.807) is 17.0 Å². The van der Waals surface area contributed by atoms with Crippen LogP contribution in [0, 0.1) is 0 Å². The van der Waals surface area contributed by atoms with Crippen LogP contribution in [0.25, 0.3) is 6.08 Å². The first-order valence-electron chi connectivity index (χ1n) is 9.96. The fourth-order valence-corrected chi connectivity index (χ4v) is 4.31. The highest BCUT2D eigenvalue weighted by Crippen LogP contribution is 2.34. The van der Waals surface area contributed by atoms with Crippen LogP contribution in [0.5, 0.6) is 0 Å². The summed E-state index contributed by atoms with van der Waals surface area (Å²) in [6, 6.07) is 15.7. The lowest BCUT2D eigenvalue weighted by molar-refractivity contribution is -0.122. The molecule has 0 radical (unpaired) electrons. The van der Waals surface area contributed by atoms with Crippen molar-refractivity contribution >= 4 is 51.9 Å². The molecule has 0 N–H and O–H groups in total. The molecule has 1 amide bonds. The molecular weight excluding hydrogens is 402 g/mol. The minimum Gasteiger partial charge on any atom is -0.372 e. The molecule has 1 heterocycles. The van der Waals surface area contributed by atoms with E-state index in [9.17, 15) is 4.79 Å². The molecule has 0 bridgehead atoms. The Morgan fingerprint density at radius 3 is 2.28 bits per heavy atom. The number of hydrogen-bond donors (Lipinski definition) is 0. The van der Waals surface area contributed by atoms with Gasteiger partial charge in [0.2, 0.25) is 0 Å². The number of carbonyl (C=O) groups excluding carboxylic acids is 1. The van der Waals surface area contributed by atoms with Gasteiger partial charge in [-0.25, -0.2) is 4.99 Å². The Labute approximate surface area is 182 Å². The van der Waals surface area contributed by atoms with Crippen molar-refractivity contribution in [1.82, 2.24) is 4.90 Å². The number of carbonyl (C=O) groups is 1. The summed E-state index contributed by atoms with van der Waals surface area (Å²) in [4.78, 5) is 22.4. The summed E-state index contributed by atoms with van der Waals surface area (Å²) in [5.41, 5.74) is 3.00. The van der Waals surface area contributed by atoms with E-state index in [0.717, 1.165) is 30.8 Å². The largest absolute Gasteiger partial charge is 0.372 e. The van der Waals surface area contributed by atoms with Crippen molar-refractivity contribution in [3.8, 4) is 0 Å². The first-order valence-corrected chi connectivity index (χ1v) is 11.2. The molecule has 1 aliphatic rings. The summed E-state index contributed by atoms with van der Waals surface area (Å²) in [7, 11) is 0. The Hall–Kier alpha value is -2.24. The van der Waals surface area contributed by atoms with E-state index in [1.807, 2.05) is 18.2 Å². The minimum atomic E-state index is 0.0115. The van der Waals surface area contributed by atoms with Gasteiger partial charge in [-0.15, -0.1) is 0 Å². The van der Waals surface area contributed by atoms with Gasteiger partial charge in [-0.3, -0.25) is 9.69 Å². The van der Waals surface area contributed by atoms with Gasteiger partial charge in [0.05, 0.1) is 10.6 Å². The molecule has 0 aromatic heterocycles. The van der Waals surface area contributed by atoms with Crippen LogP contribution in [-0.2, 0) is 4.79 Å². The normalized spacial score (nSPS) is 16.8. The molecule has 2 aromatic rings. The third-order valence-electron chi connectivity index (χ3n) is 4.71. The lowest BCUT2D eigenvalue weighted by atomic mass is 10.1. The molecule has 0 saturated carbocycles. The summed E-state index contributed by atoms with van der Waals surface area (Å²) in [6.07, 6.45) is 2.82. The van der Waals surface area contributed by atoms with Crippen molar-refractivity contribution < 1.29 is 4.79 Å². The van der Waals surface area contributed by atoms with Gasteiger partial charge in [0, 0.05) is 30.3 Å². The minimum absolute atomic E-state index is 0.0115. The number of nitrogens with zero attached hydrogens (tertiary/aromatic N) is 3. The molecule has 0 spiro atoms. The van der Waals surface area contributed by atoms with Gasteiger partial charge < -0.3 is 4.90 Å². The highest BCUT2D eigenvalue weighted by molar-refractivity contribution is 8.18. The van der Waals surface area contributed by atoms with E-state index in [4.69, 9.17) is 11.6 Å². The second kappa shape index (κ2) is 9.99. The fourth-order valence-electron chi connectivity index (χ4n) is 3.16. The van der Waals surface area contributed by atoms with Crippen molar-refractivity contribution in [2.75, 3.05) is 24.5 Å². The van der Waals surface area contributed by atoms with Gasteiger partial charge in [0.25, 0.3) is 5.91 Å². The predicted octanol–water partition coefficient (Wildman–Crippen LogP) is 6.20. The average molecular weight is 428 g/mol. The Morgan fingerprint density at radius 2 is 1.69 bits per heavy atom. The zero-order chi connectivity index (χ0) is 20.8. The number of anilines is 1. The van der Waals surface area contributed by atoms with E-state index >= 15 is 0 Å². The SMILES string of the molecule is CCCN1C(=O)/C(=C/c2ccc(N(CC)CC)cc2)SC1=Nc1ccc(Cl)cc1. The summed E-state index contributed by atoms with van der Waals surface area (Å²) in [5, 5.41) is 1.38. The van der Waals surface area contributed by atoms with Crippen LogP contribution < -0.4 is 4.90 Å². The molecule has 29 heavy (non-hydrogen) atoms. The molecular formula is C23H26ClN3OS. The molecule has 0 aliphatic carbocycles. The maximum absolute atomic E-state index is 12.9. The second-order valence-electron chi connectivity index (χ2n) is 6.70. The smallest absolute Gasteiger partial charge is 0.266 e. The molecule has 1 fully saturated rings. The molecule has 2 aromatic carbocycles. The Balaban J connectivity index is 1.86. The number of hydrogen-bond acceptors (Lipinski definition) is 4. The number of aliphatic imine (C=N–C) groups is 1. The fraction of sp³-hybridized carbons (Fsp3) is 0.304. The highest BCUT2D eigenvalue weighted by Gasteiger charge is 2.32. The van der Waals surface area contributed by atoms with Crippen LogP contribution in [0.1, 0.15) is 32.8 Å². The number of amidine groups is 1. The van der Waals surface area contributed by atoms with Crippen molar-refractivity contribution in [2.45, 2.75) is 27.2 Å². The van der Waals surface area contributed by atoms with E-state index in [2.05, 4.69) is 54.9 Å². The van der Waals surface area contributed by atoms with Gasteiger partial charge in [-0.05, 0) is 80.1 Å². The van der Waals surface area contributed by atoms with Crippen LogP contribution in [0.2, 0.25) is 5.02 Å². The Kier molecular flexibility index (Phi) is 7.40. The number of rotatable bonds is 7. The average Bonchev–Trinajstić information content (AvgIpc) is 3.01. The van der Waals surface area contributed by atoms with E-state index < -0.39 is 0 Å². The van der Waals surface area contributed by atoms with Gasteiger partial charge in [0.15, 0.2) is 5.17 Å². The van der Waals surface area contributed by atoms with Crippen molar-refractivity contribution in [3.05, 3.63) is 64.0 Å². The Bertz CT molecular complexity index is 903. The van der Waals surface area contributed by atoms with Crippen LogP contribution in [0.4, 0.5) is 11.4 Å². The van der Waals surface area contributed by atoms with Crippen molar-refractivity contribution in [2.24, 2.45) is 4.99 Å². The number of halogens is 1. The van der Waals surface area contributed by atoms with Crippen LogP contribution in [0.3, 0.4) is 0 Å². The van der Waals surface area contributed by atoms with Crippen molar-refractivity contribution in [1.29, 1.82) is 0 Å². The number of benzene rings is 2. The summed E-state index contributed by atoms with van der Waals surface area (Å²) < 4.78 is 0. The summed E-state index contributed by atoms with van der Waals surface area (Å²) in [6.45, 7) is 8.96. The zero-order valence-electron chi connectivity index (χ0n) is 17.1. The molecule has 0 atom stereocenters. The van der Waals surface area contributed by atoms with E-state index in [-0.39, 0.29) is 5.91 Å². The first-order chi connectivity index (χ1) is 14.0. The molecule has 4 nitrogen and oxygen atoms in total. The number of amides is 1. The van der Waals surface area contributed by atoms with Crippen LogP contribution >= 0.6 is 23.4 Å². The van der Waals surface area contributed by atoms with E-state index in [1.165, 1.54) is 17.4 Å². The Morgan fingerprint density at radius 1 is 1.03 bits per heavy atom. The molecule has 0 unspecified atom stereocenters. The topological polar surface area (TPSA) is 35.9 Å². The third-order valence-corrected chi connectivity index (χ3v) is 5.96. The molecule has 1 aliphatic heterocycles. The monoisotopic (exact) mass is 427 g/mol. The standard InChI is InChI=1S/C23H26ClN3OS/c1-4-15-27-22(28)21(29-23(27)25-19-11-9-18(24)10-12-19)16-17-7-13-20(14-8-17)26(5-2)6-3/h7-14,16H,4-6,15H2,1-3H3/b21-16-,25-23?. The highest BCUT2D eigenvalue weighted by atomic mass is 35.5. The lowest BCUT2D eigenvalue weighted by Crippen LogP contribution is -2.29. The quantitative estimate of drug-likeness (QED) is 0.493. The second-order valence-corrected chi connectivity index (χ2v) is 8.15. The summed E-state index contributed by atoms with van der Waals surface area (Å²) >= 11 is 7.39. The van der Waals surface area contributed by atoms with Gasteiger partial charge in [-0.1, -0.05) is 30.7 Å². The van der Waals surface area contributed by atoms with Crippen molar-refractivity contribution in [3.63, 3.8) is 0 Å². The maximum Gasteiger partial charge on any atom is 0.266 e. The first kappa shape index (κ1) is 21.5. The molecule has 6 heteroatoms. The molecule has 152 valence electrons. The molecule has 3 rings (SSSR count). The summed E-state index contributed by atoms with van der Waals surface area (Å²) in [5.74, 6) is 0.0115.